The molecule has 0 bridgehead atoms. The molecule has 1 aliphatic rings. The molecule has 0 aromatic carbocycles. The minimum Gasteiger partial charge on any atom is -0.338 e. The topological polar surface area (TPSA) is 54.2 Å². The highest BCUT2D eigenvalue weighted by Gasteiger charge is 2.24. The van der Waals surface area contributed by atoms with Crippen LogP contribution in [0.4, 0.5) is 0 Å². The molecule has 1 atom stereocenters. The third-order valence-corrected chi connectivity index (χ3v) is 3.10. The molecule has 2 rings (SSSR count). The van der Waals surface area contributed by atoms with Crippen molar-refractivity contribution in [1.82, 2.24) is 20.4 Å². The third kappa shape index (κ3) is 2.50. The average Bonchev–Trinajstić information content (AvgIpc) is 2.68. The molecule has 0 saturated carbocycles. The van der Waals surface area contributed by atoms with E-state index in [0.29, 0.717) is 0 Å². The fourth-order valence-electron chi connectivity index (χ4n) is 1.68. The second-order valence-corrected chi connectivity index (χ2v) is 4.55. The van der Waals surface area contributed by atoms with Crippen molar-refractivity contribution in [2.75, 3.05) is 32.9 Å². The summed E-state index contributed by atoms with van der Waals surface area (Å²) in [6.45, 7) is 2.95. The number of likely N-dealkylation sites (N-methyl/N-ethyl adjacent to an activating group) is 1. The number of rotatable bonds is 3. The van der Waals surface area contributed by atoms with Gasteiger partial charge in [-0.1, -0.05) is 5.16 Å². The third-order valence-electron chi connectivity index (χ3n) is 2.56. The number of piperazine rings is 1. The normalized spacial score (nSPS) is 23.2. The predicted octanol–water partition coefficient (Wildman–Crippen LogP) is 0.509. The van der Waals surface area contributed by atoms with Crippen LogP contribution in [0.3, 0.4) is 0 Å². The van der Waals surface area contributed by atoms with Crippen molar-refractivity contribution >= 4 is 11.8 Å². The number of hydrogen-bond donors (Lipinski definition) is 1. The van der Waals surface area contributed by atoms with Gasteiger partial charge in [0.15, 0.2) is 5.82 Å². The Bertz CT molecular complexity index is 317. The van der Waals surface area contributed by atoms with Crippen molar-refractivity contribution < 1.29 is 4.52 Å². The molecule has 84 valence electrons. The first-order chi connectivity index (χ1) is 7.31. The molecular formula is C9H16N4OS. The molecule has 1 unspecified atom stereocenters. The molecule has 0 spiro atoms. The van der Waals surface area contributed by atoms with Crippen LogP contribution in [0, 0.1) is 0 Å². The van der Waals surface area contributed by atoms with Gasteiger partial charge in [0.1, 0.15) is 0 Å². The molecule has 5 nitrogen and oxygen atoms in total. The Labute approximate surface area is 93.6 Å². The molecule has 1 fully saturated rings. The van der Waals surface area contributed by atoms with E-state index in [4.69, 9.17) is 4.52 Å². The van der Waals surface area contributed by atoms with E-state index in [2.05, 4.69) is 27.4 Å². The quantitative estimate of drug-likeness (QED) is 0.813. The Morgan fingerprint density at radius 2 is 2.53 bits per heavy atom. The summed E-state index contributed by atoms with van der Waals surface area (Å²) in [6, 6.07) is 0.248. The number of nitrogens with zero attached hydrogens (tertiary/aromatic N) is 3. The molecular weight excluding hydrogens is 212 g/mol. The van der Waals surface area contributed by atoms with Gasteiger partial charge in [0, 0.05) is 19.6 Å². The van der Waals surface area contributed by atoms with Crippen LogP contribution in [-0.2, 0) is 5.75 Å². The lowest BCUT2D eigenvalue weighted by molar-refractivity contribution is 0.190. The summed E-state index contributed by atoms with van der Waals surface area (Å²) in [5, 5.41) is 7.36. The summed E-state index contributed by atoms with van der Waals surface area (Å²) in [5.74, 6) is 2.31. The number of nitrogens with one attached hydrogen (secondary N) is 1. The number of thioether (sulfide) groups is 1. The Kier molecular flexibility index (Phi) is 3.61. The fraction of sp³-hybridized carbons (Fsp3) is 0.778. The average molecular weight is 228 g/mol. The summed E-state index contributed by atoms with van der Waals surface area (Å²) >= 11 is 1.69. The molecule has 1 aromatic rings. The van der Waals surface area contributed by atoms with Crippen LogP contribution in [0.15, 0.2) is 4.52 Å². The highest BCUT2D eigenvalue weighted by molar-refractivity contribution is 7.97. The lowest BCUT2D eigenvalue weighted by atomic mass is 10.2. The van der Waals surface area contributed by atoms with E-state index >= 15 is 0 Å². The number of aromatic nitrogens is 2. The van der Waals surface area contributed by atoms with Crippen molar-refractivity contribution in [3.05, 3.63) is 11.7 Å². The van der Waals surface area contributed by atoms with E-state index in [0.717, 1.165) is 37.1 Å². The van der Waals surface area contributed by atoms with Crippen molar-refractivity contribution in [2.24, 2.45) is 0 Å². The van der Waals surface area contributed by atoms with Gasteiger partial charge in [0.05, 0.1) is 11.8 Å². The van der Waals surface area contributed by atoms with E-state index in [1.165, 1.54) is 0 Å². The monoisotopic (exact) mass is 228 g/mol. The van der Waals surface area contributed by atoms with Gasteiger partial charge >= 0.3 is 0 Å². The maximum atomic E-state index is 5.17. The van der Waals surface area contributed by atoms with E-state index in [1.54, 1.807) is 11.8 Å². The Balaban J connectivity index is 2.06. The fourth-order valence-corrected chi connectivity index (χ4v) is 2.04. The number of hydrogen-bond acceptors (Lipinski definition) is 6. The SMILES string of the molecule is CSCc1nc(C2CNCCN2C)no1. The van der Waals surface area contributed by atoms with Gasteiger partial charge < -0.3 is 9.84 Å². The van der Waals surface area contributed by atoms with Crippen LogP contribution in [0.2, 0.25) is 0 Å². The summed E-state index contributed by atoms with van der Waals surface area (Å²) < 4.78 is 5.17. The van der Waals surface area contributed by atoms with Crippen LogP contribution < -0.4 is 5.32 Å². The lowest BCUT2D eigenvalue weighted by Gasteiger charge is -2.30. The maximum absolute atomic E-state index is 5.17. The summed E-state index contributed by atoms with van der Waals surface area (Å²) in [5.41, 5.74) is 0. The van der Waals surface area contributed by atoms with Crippen molar-refractivity contribution in [3.63, 3.8) is 0 Å². The minimum absolute atomic E-state index is 0.248. The lowest BCUT2D eigenvalue weighted by Crippen LogP contribution is -2.44. The smallest absolute Gasteiger partial charge is 0.236 e. The maximum Gasteiger partial charge on any atom is 0.236 e. The van der Waals surface area contributed by atoms with Gasteiger partial charge in [0.2, 0.25) is 5.89 Å². The zero-order valence-corrected chi connectivity index (χ0v) is 9.88. The molecule has 0 aliphatic carbocycles. The first-order valence-corrected chi connectivity index (χ1v) is 6.43. The molecule has 1 N–H and O–H groups in total. The van der Waals surface area contributed by atoms with Crippen LogP contribution >= 0.6 is 11.8 Å². The first kappa shape index (κ1) is 10.9. The van der Waals surface area contributed by atoms with Gasteiger partial charge in [-0.15, -0.1) is 0 Å². The molecule has 6 heteroatoms. The Morgan fingerprint density at radius 3 is 3.27 bits per heavy atom. The largest absolute Gasteiger partial charge is 0.338 e. The zero-order chi connectivity index (χ0) is 10.7. The van der Waals surface area contributed by atoms with E-state index < -0.39 is 0 Å². The predicted molar refractivity (Wildman–Crippen MR) is 59.8 cm³/mol. The molecule has 0 radical (unpaired) electrons. The summed E-state index contributed by atoms with van der Waals surface area (Å²) in [4.78, 5) is 6.65. The molecule has 1 saturated heterocycles. The minimum atomic E-state index is 0.248. The molecule has 1 aliphatic heterocycles. The summed E-state index contributed by atoms with van der Waals surface area (Å²) in [7, 11) is 2.09. The van der Waals surface area contributed by atoms with E-state index in [-0.39, 0.29) is 6.04 Å². The molecule has 0 amide bonds. The van der Waals surface area contributed by atoms with Crippen molar-refractivity contribution in [1.29, 1.82) is 0 Å². The Hall–Kier alpha value is -0.590. The molecule has 15 heavy (non-hydrogen) atoms. The standard InChI is InChI=1S/C9H16N4OS/c1-13-4-3-10-5-7(13)9-11-8(6-15-2)14-12-9/h7,10H,3-6H2,1-2H3. The van der Waals surface area contributed by atoms with Gasteiger partial charge in [-0.3, -0.25) is 4.90 Å². The second kappa shape index (κ2) is 4.96. The van der Waals surface area contributed by atoms with Crippen molar-refractivity contribution in [2.45, 2.75) is 11.8 Å². The second-order valence-electron chi connectivity index (χ2n) is 3.68. The molecule has 1 aromatic heterocycles. The van der Waals surface area contributed by atoms with Crippen molar-refractivity contribution in [3.8, 4) is 0 Å². The van der Waals surface area contributed by atoms with Gasteiger partial charge in [-0.25, -0.2) is 0 Å². The summed E-state index contributed by atoms with van der Waals surface area (Å²) in [6.07, 6.45) is 2.03. The zero-order valence-electron chi connectivity index (χ0n) is 9.06. The molecule has 2 heterocycles. The van der Waals surface area contributed by atoms with E-state index in [1.807, 2.05) is 6.26 Å². The van der Waals surface area contributed by atoms with Gasteiger partial charge in [-0.2, -0.15) is 16.7 Å². The van der Waals surface area contributed by atoms with E-state index in [9.17, 15) is 0 Å². The van der Waals surface area contributed by atoms with Crippen LogP contribution in [-0.4, -0.2) is 48.0 Å². The van der Waals surface area contributed by atoms with Crippen LogP contribution in [0.5, 0.6) is 0 Å². The van der Waals surface area contributed by atoms with Gasteiger partial charge in [0.25, 0.3) is 0 Å². The highest BCUT2D eigenvalue weighted by Crippen LogP contribution is 2.18. The first-order valence-electron chi connectivity index (χ1n) is 5.03. The van der Waals surface area contributed by atoms with Gasteiger partial charge in [-0.05, 0) is 13.3 Å². The van der Waals surface area contributed by atoms with Crippen LogP contribution in [0.25, 0.3) is 0 Å². The highest BCUT2D eigenvalue weighted by atomic mass is 32.2. The van der Waals surface area contributed by atoms with Crippen LogP contribution in [0.1, 0.15) is 17.8 Å². The Morgan fingerprint density at radius 1 is 1.67 bits per heavy atom.